The SMILES string of the molecule is Cc1cc([N+](=O)[O-])ccc1NC(=O)[C@H]1COc2ccccc2O1. The molecule has 2 aromatic rings. The monoisotopic (exact) mass is 314 g/mol. The number of benzene rings is 2. The smallest absolute Gasteiger partial charge is 0.269 e. The van der Waals surface area contributed by atoms with E-state index in [4.69, 9.17) is 9.47 Å². The normalized spacial score (nSPS) is 15.8. The van der Waals surface area contributed by atoms with Crippen molar-refractivity contribution in [3.05, 3.63) is 58.1 Å². The number of amides is 1. The fourth-order valence-corrected chi connectivity index (χ4v) is 2.26. The van der Waals surface area contributed by atoms with E-state index in [0.29, 0.717) is 22.7 Å². The maximum atomic E-state index is 12.3. The number of anilines is 1. The molecule has 3 rings (SSSR count). The van der Waals surface area contributed by atoms with Gasteiger partial charge in [-0.05, 0) is 30.7 Å². The maximum absolute atomic E-state index is 12.3. The van der Waals surface area contributed by atoms with Crippen molar-refractivity contribution in [1.29, 1.82) is 0 Å². The molecule has 7 nitrogen and oxygen atoms in total. The number of rotatable bonds is 3. The number of nitro groups is 1. The molecule has 1 aliphatic rings. The Kier molecular flexibility index (Phi) is 3.84. The van der Waals surface area contributed by atoms with E-state index in [1.165, 1.54) is 18.2 Å². The Hall–Kier alpha value is -3.09. The topological polar surface area (TPSA) is 90.7 Å². The largest absolute Gasteiger partial charge is 0.485 e. The van der Waals surface area contributed by atoms with Crippen LogP contribution in [0.2, 0.25) is 0 Å². The second-order valence-corrected chi connectivity index (χ2v) is 5.11. The van der Waals surface area contributed by atoms with E-state index in [1.807, 2.05) is 6.07 Å². The standard InChI is InChI=1S/C16H14N2O5/c1-10-8-11(18(20)21)6-7-12(10)17-16(19)15-9-22-13-4-2-3-5-14(13)23-15/h2-8,15H,9H2,1H3,(H,17,19)/t15-/m1/s1. The number of hydrogen-bond donors (Lipinski definition) is 1. The average molecular weight is 314 g/mol. The summed E-state index contributed by atoms with van der Waals surface area (Å²) in [7, 11) is 0. The summed E-state index contributed by atoms with van der Waals surface area (Å²) in [6.07, 6.45) is -0.778. The molecule has 0 aromatic heterocycles. The number of nitrogens with zero attached hydrogens (tertiary/aromatic N) is 1. The van der Waals surface area contributed by atoms with Crippen LogP contribution >= 0.6 is 0 Å². The van der Waals surface area contributed by atoms with Crippen molar-refractivity contribution in [2.75, 3.05) is 11.9 Å². The van der Waals surface area contributed by atoms with E-state index in [-0.39, 0.29) is 18.2 Å². The summed E-state index contributed by atoms with van der Waals surface area (Å²) < 4.78 is 11.1. The van der Waals surface area contributed by atoms with Crippen LogP contribution in [0.3, 0.4) is 0 Å². The third kappa shape index (κ3) is 3.08. The highest BCUT2D eigenvalue weighted by Crippen LogP contribution is 2.31. The van der Waals surface area contributed by atoms with E-state index < -0.39 is 11.0 Å². The molecule has 1 amide bonds. The summed E-state index contributed by atoms with van der Waals surface area (Å²) in [5, 5.41) is 13.4. The summed E-state index contributed by atoms with van der Waals surface area (Å²) >= 11 is 0. The molecule has 1 heterocycles. The Bertz CT molecular complexity index is 775. The molecule has 118 valence electrons. The highest BCUT2D eigenvalue weighted by atomic mass is 16.6. The van der Waals surface area contributed by atoms with E-state index in [1.54, 1.807) is 25.1 Å². The molecule has 1 aliphatic heterocycles. The van der Waals surface area contributed by atoms with Gasteiger partial charge in [-0.15, -0.1) is 0 Å². The quantitative estimate of drug-likeness (QED) is 0.695. The van der Waals surface area contributed by atoms with E-state index in [9.17, 15) is 14.9 Å². The fourth-order valence-electron chi connectivity index (χ4n) is 2.26. The van der Waals surface area contributed by atoms with Crippen molar-refractivity contribution in [1.82, 2.24) is 0 Å². The number of para-hydroxylation sites is 2. The molecule has 0 spiro atoms. The van der Waals surface area contributed by atoms with Crippen molar-refractivity contribution in [2.45, 2.75) is 13.0 Å². The van der Waals surface area contributed by atoms with Crippen molar-refractivity contribution >= 4 is 17.3 Å². The number of aryl methyl sites for hydroxylation is 1. The first-order valence-corrected chi connectivity index (χ1v) is 6.99. The van der Waals surface area contributed by atoms with Gasteiger partial charge in [-0.3, -0.25) is 14.9 Å². The molecular weight excluding hydrogens is 300 g/mol. The van der Waals surface area contributed by atoms with Gasteiger partial charge in [-0.2, -0.15) is 0 Å². The first kappa shape index (κ1) is 14.8. The second kappa shape index (κ2) is 5.96. The van der Waals surface area contributed by atoms with Crippen LogP contribution in [0.5, 0.6) is 11.5 Å². The molecule has 7 heteroatoms. The number of ether oxygens (including phenoxy) is 2. The Morgan fingerprint density at radius 1 is 1.26 bits per heavy atom. The summed E-state index contributed by atoms with van der Waals surface area (Å²) in [5.41, 5.74) is 1.08. The zero-order chi connectivity index (χ0) is 16.4. The molecule has 0 saturated carbocycles. The van der Waals surface area contributed by atoms with Gasteiger partial charge >= 0.3 is 0 Å². The first-order valence-electron chi connectivity index (χ1n) is 6.99. The lowest BCUT2D eigenvalue weighted by atomic mass is 10.1. The molecule has 1 N–H and O–H groups in total. The van der Waals surface area contributed by atoms with Gasteiger partial charge in [-0.1, -0.05) is 12.1 Å². The predicted octanol–water partition coefficient (Wildman–Crippen LogP) is 2.68. The van der Waals surface area contributed by atoms with E-state index >= 15 is 0 Å². The number of non-ortho nitro benzene ring substituents is 1. The Morgan fingerprint density at radius 3 is 2.70 bits per heavy atom. The highest BCUT2D eigenvalue weighted by molar-refractivity contribution is 5.95. The lowest BCUT2D eigenvalue weighted by Crippen LogP contribution is -2.40. The molecule has 2 aromatic carbocycles. The van der Waals surface area contributed by atoms with Crippen LogP contribution in [0.4, 0.5) is 11.4 Å². The minimum Gasteiger partial charge on any atom is -0.485 e. The summed E-state index contributed by atoms with van der Waals surface area (Å²) in [6.45, 7) is 1.80. The van der Waals surface area contributed by atoms with Gasteiger partial charge in [0.15, 0.2) is 11.5 Å². The molecule has 0 bridgehead atoms. The van der Waals surface area contributed by atoms with Crippen molar-refractivity contribution in [3.8, 4) is 11.5 Å². The number of hydrogen-bond acceptors (Lipinski definition) is 5. The second-order valence-electron chi connectivity index (χ2n) is 5.11. The zero-order valence-corrected chi connectivity index (χ0v) is 12.3. The summed E-state index contributed by atoms with van der Waals surface area (Å²) in [6, 6.07) is 11.4. The lowest BCUT2D eigenvalue weighted by molar-refractivity contribution is -0.384. The molecule has 1 atom stereocenters. The van der Waals surface area contributed by atoms with Crippen molar-refractivity contribution < 1.29 is 19.2 Å². The van der Waals surface area contributed by atoms with Crippen LogP contribution in [-0.2, 0) is 4.79 Å². The number of carbonyl (C=O) groups is 1. The Labute approximate surface area is 132 Å². The summed E-state index contributed by atoms with van der Waals surface area (Å²) in [5.74, 6) is 0.749. The lowest BCUT2D eigenvalue weighted by Gasteiger charge is -2.25. The number of fused-ring (bicyclic) bond motifs is 1. The van der Waals surface area contributed by atoms with Crippen LogP contribution < -0.4 is 14.8 Å². The Morgan fingerprint density at radius 2 is 2.00 bits per heavy atom. The van der Waals surface area contributed by atoms with Crippen LogP contribution in [0.15, 0.2) is 42.5 Å². The van der Waals surface area contributed by atoms with Crippen LogP contribution in [0.25, 0.3) is 0 Å². The molecular formula is C16H14N2O5. The Balaban J connectivity index is 1.72. The van der Waals surface area contributed by atoms with Gasteiger partial charge in [0.05, 0.1) is 4.92 Å². The molecule has 0 radical (unpaired) electrons. The van der Waals surface area contributed by atoms with Gasteiger partial charge in [-0.25, -0.2) is 0 Å². The fraction of sp³-hybridized carbons (Fsp3) is 0.188. The number of nitro benzene ring substituents is 1. The zero-order valence-electron chi connectivity index (χ0n) is 12.3. The predicted molar refractivity (Wildman–Crippen MR) is 82.8 cm³/mol. The van der Waals surface area contributed by atoms with Gasteiger partial charge in [0.1, 0.15) is 6.61 Å². The molecule has 0 aliphatic carbocycles. The minimum absolute atomic E-state index is 0.0216. The number of nitrogens with one attached hydrogen (secondary N) is 1. The van der Waals surface area contributed by atoms with Crippen LogP contribution in [-0.4, -0.2) is 23.5 Å². The van der Waals surface area contributed by atoms with Gasteiger partial charge in [0.2, 0.25) is 6.10 Å². The van der Waals surface area contributed by atoms with Gasteiger partial charge in [0.25, 0.3) is 11.6 Å². The molecule has 0 saturated heterocycles. The van der Waals surface area contributed by atoms with Crippen LogP contribution in [0.1, 0.15) is 5.56 Å². The van der Waals surface area contributed by atoms with Crippen molar-refractivity contribution in [3.63, 3.8) is 0 Å². The maximum Gasteiger partial charge on any atom is 0.269 e. The highest BCUT2D eigenvalue weighted by Gasteiger charge is 2.27. The minimum atomic E-state index is -0.778. The number of carbonyl (C=O) groups excluding carboxylic acids is 1. The summed E-state index contributed by atoms with van der Waals surface area (Å²) in [4.78, 5) is 22.6. The first-order chi connectivity index (χ1) is 11.0. The third-order valence-corrected chi connectivity index (χ3v) is 3.48. The van der Waals surface area contributed by atoms with Gasteiger partial charge < -0.3 is 14.8 Å². The van der Waals surface area contributed by atoms with Gasteiger partial charge in [0, 0.05) is 17.8 Å². The third-order valence-electron chi connectivity index (χ3n) is 3.48. The van der Waals surface area contributed by atoms with Crippen LogP contribution in [0, 0.1) is 17.0 Å². The van der Waals surface area contributed by atoms with E-state index in [0.717, 1.165) is 0 Å². The molecule has 0 fully saturated rings. The van der Waals surface area contributed by atoms with Crippen molar-refractivity contribution in [2.24, 2.45) is 0 Å². The molecule has 23 heavy (non-hydrogen) atoms. The average Bonchev–Trinajstić information content (AvgIpc) is 2.56. The van der Waals surface area contributed by atoms with E-state index in [2.05, 4.69) is 5.32 Å². The molecule has 0 unspecified atom stereocenters.